The van der Waals surface area contributed by atoms with Gasteiger partial charge in [0.1, 0.15) is 13.2 Å². The van der Waals surface area contributed by atoms with Gasteiger partial charge in [-0.25, -0.2) is 0 Å². The summed E-state index contributed by atoms with van der Waals surface area (Å²) in [5.74, 6) is 3.26. The Morgan fingerprint density at radius 2 is 1.84 bits per heavy atom. The van der Waals surface area contributed by atoms with Crippen molar-refractivity contribution in [1.82, 2.24) is 10.6 Å². The molecule has 7 nitrogen and oxygen atoms in total. The van der Waals surface area contributed by atoms with E-state index in [-0.39, 0.29) is 5.41 Å². The van der Waals surface area contributed by atoms with Crippen LogP contribution >= 0.6 is 0 Å². The first-order valence-corrected chi connectivity index (χ1v) is 12.3. The summed E-state index contributed by atoms with van der Waals surface area (Å²) < 4.78 is 22.8. The normalized spacial score (nSPS) is 20.8. The summed E-state index contributed by atoms with van der Waals surface area (Å²) in [4.78, 5) is 4.43. The fraction of sp³-hybridized carbons (Fsp3) is 0.720. The molecule has 0 spiro atoms. The number of aliphatic imine (C=N–C) groups is 1. The standard InChI is InChI=1S/C25H39N3O4/c1-26-24(27-11-4-12-30-18-20-7-13-29-14-8-20)28-19-25(9-2-3-10-25)21-5-6-22-23(17-21)32-16-15-31-22/h5-6,17,20H,2-4,7-16,18-19H2,1H3,(H2,26,27,28). The number of ether oxygens (including phenoxy) is 4. The lowest BCUT2D eigenvalue weighted by atomic mass is 9.78. The van der Waals surface area contributed by atoms with Crippen LogP contribution in [0.4, 0.5) is 0 Å². The number of hydrogen-bond donors (Lipinski definition) is 2. The molecular formula is C25H39N3O4. The molecule has 1 saturated carbocycles. The third kappa shape index (κ3) is 6.07. The van der Waals surface area contributed by atoms with E-state index in [0.717, 1.165) is 76.2 Å². The third-order valence-corrected chi connectivity index (χ3v) is 6.99. The second-order valence-corrected chi connectivity index (χ2v) is 9.18. The predicted molar refractivity (Wildman–Crippen MR) is 126 cm³/mol. The van der Waals surface area contributed by atoms with Crippen molar-refractivity contribution in [3.8, 4) is 11.5 Å². The molecule has 2 aliphatic heterocycles. The van der Waals surface area contributed by atoms with Crippen LogP contribution in [0, 0.1) is 5.92 Å². The number of fused-ring (bicyclic) bond motifs is 1. The molecule has 0 unspecified atom stereocenters. The van der Waals surface area contributed by atoms with Gasteiger partial charge in [-0.15, -0.1) is 0 Å². The Labute approximate surface area is 192 Å². The van der Waals surface area contributed by atoms with Crippen molar-refractivity contribution >= 4 is 5.96 Å². The second kappa shape index (κ2) is 11.8. The lowest BCUT2D eigenvalue weighted by Crippen LogP contribution is -2.45. The predicted octanol–water partition coefficient (Wildman–Crippen LogP) is 3.27. The van der Waals surface area contributed by atoms with Crippen LogP contribution in [0.5, 0.6) is 11.5 Å². The average Bonchev–Trinajstić information content (AvgIpc) is 3.33. The summed E-state index contributed by atoms with van der Waals surface area (Å²) in [6, 6.07) is 6.47. The molecular weight excluding hydrogens is 406 g/mol. The Balaban J connectivity index is 1.22. The van der Waals surface area contributed by atoms with Crippen LogP contribution in [0.3, 0.4) is 0 Å². The number of benzene rings is 1. The summed E-state index contributed by atoms with van der Waals surface area (Å²) in [5.41, 5.74) is 1.45. The van der Waals surface area contributed by atoms with Gasteiger partial charge in [-0.05, 0) is 55.7 Å². The van der Waals surface area contributed by atoms with E-state index < -0.39 is 0 Å². The van der Waals surface area contributed by atoms with Gasteiger partial charge in [-0.3, -0.25) is 4.99 Å². The highest BCUT2D eigenvalue weighted by molar-refractivity contribution is 5.79. The van der Waals surface area contributed by atoms with Crippen LogP contribution in [-0.2, 0) is 14.9 Å². The molecule has 0 bridgehead atoms. The van der Waals surface area contributed by atoms with Gasteiger partial charge in [0.05, 0.1) is 0 Å². The number of hydrogen-bond acceptors (Lipinski definition) is 5. The lowest BCUT2D eigenvalue weighted by molar-refractivity contribution is 0.0203. The van der Waals surface area contributed by atoms with Gasteiger partial charge in [0.2, 0.25) is 0 Å². The Kier molecular flexibility index (Phi) is 8.51. The molecule has 0 atom stereocenters. The van der Waals surface area contributed by atoms with Crippen LogP contribution in [0.2, 0.25) is 0 Å². The Morgan fingerprint density at radius 3 is 2.62 bits per heavy atom. The minimum Gasteiger partial charge on any atom is -0.486 e. The van der Waals surface area contributed by atoms with Gasteiger partial charge in [-0.2, -0.15) is 0 Å². The van der Waals surface area contributed by atoms with Crippen LogP contribution in [0.1, 0.15) is 50.5 Å². The van der Waals surface area contributed by atoms with Crippen molar-refractivity contribution in [3.63, 3.8) is 0 Å². The maximum atomic E-state index is 5.87. The van der Waals surface area contributed by atoms with Crippen molar-refractivity contribution in [1.29, 1.82) is 0 Å². The minimum absolute atomic E-state index is 0.111. The zero-order chi connectivity index (χ0) is 22.1. The van der Waals surface area contributed by atoms with Crippen LogP contribution in [0.15, 0.2) is 23.2 Å². The molecule has 1 saturated heterocycles. The van der Waals surface area contributed by atoms with E-state index in [4.69, 9.17) is 18.9 Å². The summed E-state index contributed by atoms with van der Waals surface area (Å²) in [6.07, 6.45) is 8.09. The molecule has 4 rings (SSSR count). The van der Waals surface area contributed by atoms with Crippen LogP contribution in [0.25, 0.3) is 0 Å². The minimum atomic E-state index is 0.111. The number of guanidine groups is 1. The topological polar surface area (TPSA) is 73.3 Å². The van der Waals surface area contributed by atoms with Crippen molar-refractivity contribution in [2.45, 2.75) is 50.4 Å². The first-order valence-electron chi connectivity index (χ1n) is 12.3. The number of rotatable bonds is 9. The molecule has 0 amide bonds. The zero-order valence-corrected chi connectivity index (χ0v) is 19.5. The van der Waals surface area contributed by atoms with Gasteiger partial charge in [0.25, 0.3) is 0 Å². The van der Waals surface area contributed by atoms with Gasteiger partial charge in [0, 0.05) is 52.0 Å². The molecule has 3 aliphatic rings. The number of nitrogens with zero attached hydrogens (tertiary/aromatic N) is 1. The quantitative estimate of drug-likeness (QED) is 0.345. The van der Waals surface area contributed by atoms with Crippen molar-refractivity contribution in [2.24, 2.45) is 10.9 Å². The molecule has 7 heteroatoms. The van der Waals surface area contributed by atoms with E-state index >= 15 is 0 Å². The largest absolute Gasteiger partial charge is 0.486 e. The maximum Gasteiger partial charge on any atom is 0.191 e. The van der Waals surface area contributed by atoms with E-state index in [1.54, 1.807) is 0 Å². The first kappa shape index (κ1) is 23.2. The lowest BCUT2D eigenvalue weighted by Gasteiger charge is -2.32. The number of nitrogens with one attached hydrogen (secondary N) is 2. The van der Waals surface area contributed by atoms with Crippen LogP contribution in [-0.4, -0.2) is 65.7 Å². The van der Waals surface area contributed by atoms with Crippen molar-refractivity contribution < 1.29 is 18.9 Å². The van der Waals surface area contributed by atoms with E-state index in [2.05, 4.69) is 33.8 Å². The first-order chi connectivity index (χ1) is 15.8. The molecule has 178 valence electrons. The van der Waals surface area contributed by atoms with Crippen molar-refractivity contribution in [2.75, 3.05) is 59.8 Å². The van der Waals surface area contributed by atoms with E-state index in [1.165, 1.54) is 31.2 Å². The van der Waals surface area contributed by atoms with Crippen LogP contribution < -0.4 is 20.1 Å². The smallest absolute Gasteiger partial charge is 0.191 e. The molecule has 2 N–H and O–H groups in total. The molecule has 2 heterocycles. The average molecular weight is 446 g/mol. The SMILES string of the molecule is CN=C(NCCCOCC1CCOCC1)NCC1(c2ccc3c(c2)OCCO3)CCCC1. The van der Waals surface area contributed by atoms with Gasteiger partial charge in [0.15, 0.2) is 17.5 Å². The molecule has 0 aromatic heterocycles. The summed E-state index contributed by atoms with van der Waals surface area (Å²) in [5, 5.41) is 7.03. The van der Waals surface area contributed by atoms with E-state index in [9.17, 15) is 0 Å². The Bertz CT molecular complexity index is 743. The van der Waals surface area contributed by atoms with Gasteiger partial charge < -0.3 is 29.6 Å². The van der Waals surface area contributed by atoms with Gasteiger partial charge in [-0.1, -0.05) is 18.9 Å². The highest BCUT2D eigenvalue weighted by Gasteiger charge is 2.36. The fourth-order valence-electron chi connectivity index (χ4n) is 5.01. The summed E-state index contributed by atoms with van der Waals surface area (Å²) in [6.45, 7) is 6.36. The molecule has 2 fully saturated rings. The highest BCUT2D eigenvalue weighted by atomic mass is 16.6. The Morgan fingerprint density at radius 1 is 1.06 bits per heavy atom. The molecule has 32 heavy (non-hydrogen) atoms. The second-order valence-electron chi connectivity index (χ2n) is 9.18. The summed E-state index contributed by atoms with van der Waals surface area (Å²) >= 11 is 0. The van der Waals surface area contributed by atoms with Gasteiger partial charge >= 0.3 is 0 Å². The third-order valence-electron chi connectivity index (χ3n) is 6.99. The van der Waals surface area contributed by atoms with E-state index in [1.807, 2.05) is 7.05 Å². The summed E-state index contributed by atoms with van der Waals surface area (Å²) in [7, 11) is 1.84. The molecule has 0 radical (unpaired) electrons. The fourth-order valence-corrected chi connectivity index (χ4v) is 5.01. The molecule has 1 aromatic rings. The maximum absolute atomic E-state index is 5.87. The molecule has 1 aromatic carbocycles. The molecule has 1 aliphatic carbocycles. The van der Waals surface area contributed by atoms with Crippen molar-refractivity contribution in [3.05, 3.63) is 23.8 Å². The monoisotopic (exact) mass is 445 g/mol. The zero-order valence-electron chi connectivity index (χ0n) is 19.5. The van der Waals surface area contributed by atoms with E-state index in [0.29, 0.717) is 19.1 Å². The Hall–Kier alpha value is -1.99. The highest BCUT2D eigenvalue weighted by Crippen LogP contribution is 2.43.